The van der Waals surface area contributed by atoms with E-state index in [1.165, 1.54) is 15.8 Å². The predicted molar refractivity (Wildman–Crippen MR) is 84.2 cm³/mol. The van der Waals surface area contributed by atoms with E-state index in [0.717, 1.165) is 19.3 Å². The van der Waals surface area contributed by atoms with E-state index in [0.29, 0.717) is 12.8 Å². The fraction of sp³-hybridized carbons (Fsp3) is 0.667. The van der Waals surface area contributed by atoms with Gasteiger partial charge in [-0.25, -0.2) is 4.68 Å². The number of carbonyl (C=O) groups excluding carboxylic acids is 2. The lowest BCUT2D eigenvalue weighted by Gasteiger charge is -2.33. The lowest BCUT2D eigenvalue weighted by Crippen LogP contribution is -2.44. The Morgan fingerprint density at radius 2 is 1.96 bits per heavy atom. The summed E-state index contributed by atoms with van der Waals surface area (Å²) in [6.45, 7) is 0.0665. The summed E-state index contributed by atoms with van der Waals surface area (Å²) in [5.74, 6) is -1.52. The van der Waals surface area contributed by atoms with Crippen molar-refractivity contribution in [3.8, 4) is 0 Å². The van der Waals surface area contributed by atoms with Crippen LogP contribution in [0.1, 0.15) is 42.6 Å². The van der Waals surface area contributed by atoms with Crippen LogP contribution in [0.3, 0.4) is 0 Å². The van der Waals surface area contributed by atoms with Gasteiger partial charge >= 0.3 is 5.97 Å². The van der Waals surface area contributed by atoms with Crippen LogP contribution in [-0.4, -0.2) is 63.4 Å². The minimum Gasteiger partial charge on any atom is -0.481 e. The van der Waals surface area contributed by atoms with Gasteiger partial charge in [0, 0.05) is 20.6 Å². The molecule has 9 nitrogen and oxygen atoms in total. The molecule has 1 fully saturated rings. The van der Waals surface area contributed by atoms with Crippen LogP contribution < -0.4 is 5.32 Å². The number of aliphatic carboxylic acids is 1. The van der Waals surface area contributed by atoms with Gasteiger partial charge in [-0.1, -0.05) is 24.5 Å². The predicted octanol–water partition coefficient (Wildman–Crippen LogP) is 0.131. The molecule has 9 heteroatoms. The Balaban J connectivity index is 1.96. The molecular formula is C15H23N5O4. The molecule has 1 aromatic heterocycles. The van der Waals surface area contributed by atoms with Gasteiger partial charge in [0.15, 0.2) is 5.69 Å². The molecule has 0 saturated heterocycles. The van der Waals surface area contributed by atoms with E-state index in [-0.39, 0.29) is 24.7 Å². The maximum Gasteiger partial charge on any atom is 0.311 e. The number of aromatic nitrogens is 3. The van der Waals surface area contributed by atoms with Crippen LogP contribution in [-0.2, 0) is 16.1 Å². The lowest BCUT2D eigenvalue weighted by molar-refractivity contribution is -0.150. The second-order valence-electron chi connectivity index (χ2n) is 6.42. The molecule has 2 amide bonds. The summed E-state index contributed by atoms with van der Waals surface area (Å²) in [6, 6.07) is 0. The number of carboxylic acid groups (broad SMARTS) is 1. The fourth-order valence-corrected chi connectivity index (χ4v) is 2.79. The number of hydrogen-bond donors (Lipinski definition) is 2. The second-order valence-corrected chi connectivity index (χ2v) is 6.42. The Bertz CT molecular complexity index is 619. The summed E-state index contributed by atoms with van der Waals surface area (Å²) in [5, 5.41) is 19.6. The molecule has 0 aliphatic heterocycles. The number of hydrogen-bond acceptors (Lipinski definition) is 5. The zero-order chi connectivity index (χ0) is 17.7. The Kier molecular flexibility index (Phi) is 5.53. The van der Waals surface area contributed by atoms with Crippen molar-refractivity contribution >= 4 is 17.8 Å². The Labute approximate surface area is 140 Å². The first-order valence-corrected chi connectivity index (χ1v) is 7.96. The molecule has 1 aliphatic rings. The molecule has 24 heavy (non-hydrogen) atoms. The molecule has 0 unspecified atom stereocenters. The average Bonchev–Trinajstić information content (AvgIpc) is 3.01. The lowest BCUT2D eigenvalue weighted by atomic mass is 9.74. The van der Waals surface area contributed by atoms with E-state index in [9.17, 15) is 19.5 Å². The van der Waals surface area contributed by atoms with E-state index in [1.807, 2.05) is 0 Å². The molecule has 1 aliphatic carbocycles. The average molecular weight is 337 g/mol. The van der Waals surface area contributed by atoms with Gasteiger partial charge < -0.3 is 15.3 Å². The number of nitrogens with one attached hydrogen (secondary N) is 1. The second kappa shape index (κ2) is 7.41. The molecule has 2 rings (SSSR count). The van der Waals surface area contributed by atoms with E-state index in [1.54, 1.807) is 14.1 Å². The smallest absolute Gasteiger partial charge is 0.311 e. The Morgan fingerprint density at radius 3 is 2.54 bits per heavy atom. The highest BCUT2D eigenvalue weighted by Gasteiger charge is 2.39. The Morgan fingerprint density at radius 1 is 1.29 bits per heavy atom. The molecular weight excluding hydrogens is 314 g/mol. The summed E-state index contributed by atoms with van der Waals surface area (Å²) in [5.41, 5.74) is -0.831. The number of amides is 2. The summed E-state index contributed by atoms with van der Waals surface area (Å²) >= 11 is 0. The monoisotopic (exact) mass is 337 g/mol. The van der Waals surface area contributed by atoms with E-state index in [2.05, 4.69) is 15.6 Å². The molecule has 1 aromatic rings. The van der Waals surface area contributed by atoms with Gasteiger partial charge in [-0.3, -0.25) is 14.4 Å². The number of carbonyl (C=O) groups is 3. The number of carboxylic acids is 1. The largest absolute Gasteiger partial charge is 0.481 e. The van der Waals surface area contributed by atoms with Crippen LogP contribution in [0.4, 0.5) is 0 Å². The molecule has 0 atom stereocenters. The highest BCUT2D eigenvalue weighted by molar-refractivity contribution is 5.92. The summed E-state index contributed by atoms with van der Waals surface area (Å²) in [6.07, 6.45) is 5.23. The minimum absolute atomic E-state index is 0.00760. The van der Waals surface area contributed by atoms with Crippen LogP contribution in [0.2, 0.25) is 0 Å². The van der Waals surface area contributed by atoms with Crippen molar-refractivity contribution in [2.75, 3.05) is 20.6 Å². The zero-order valence-electron chi connectivity index (χ0n) is 14.0. The first kappa shape index (κ1) is 17.9. The van der Waals surface area contributed by atoms with Crippen molar-refractivity contribution in [2.24, 2.45) is 5.41 Å². The maximum atomic E-state index is 12.2. The number of likely N-dealkylation sites (N-methyl/N-ethyl adjacent to an activating group) is 1. The van der Waals surface area contributed by atoms with Crippen LogP contribution in [0.5, 0.6) is 0 Å². The summed E-state index contributed by atoms with van der Waals surface area (Å²) in [4.78, 5) is 36.8. The van der Waals surface area contributed by atoms with Crippen molar-refractivity contribution < 1.29 is 19.5 Å². The van der Waals surface area contributed by atoms with Gasteiger partial charge in [0.25, 0.3) is 5.91 Å². The molecule has 1 saturated carbocycles. The fourth-order valence-electron chi connectivity index (χ4n) is 2.79. The molecule has 0 radical (unpaired) electrons. The number of rotatable bonds is 6. The van der Waals surface area contributed by atoms with Crippen molar-refractivity contribution in [3.63, 3.8) is 0 Å². The first-order chi connectivity index (χ1) is 11.3. The zero-order valence-corrected chi connectivity index (χ0v) is 14.0. The van der Waals surface area contributed by atoms with Crippen molar-refractivity contribution in [2.45, 2.75) is 38.6 Å². The third-order valence-corrected chi connectivity index (χ3v) is 4.42. The molecule has 2 N–H and O–H groups in total. The number of nitrogens with zero attached hydrogens (tertiary/aromatic N) is 4. The van der Waals surface area contributed by atoms with Crippen molar-refractivity contribution in [3.05, 3.63) is 11.9 Å². The van der Waals surface area contributed by atoms with E-state index >= 15 is 0 Å². The topological polar surface area (TPSA) is 117 Å². The SMILES string of the molecule is CN(C)C(=O)Cn1cc(C(=O)NCC2(C(=O)O)CCCCC2)nn1. The molecule has 0 spiro atoms. The standard InChI is InChI=1S/C15H23N5O4/c1-19(2)12(21)9-20-8-11(17-18-20)13(22)16-10-15(14(23)24)6-4-3-5-7-15/h8H,3-7,9-10H2,1-2H3,(H,16,22)(H,23,24). The van der Waals surface area contributed by atoms with Gasteiger partial charge in [0.1, 0.15) is 6.54 Å². The van der Waals surface area contributed by atoms with Crippen LogP contribution >= 0.6 is 0 Å². The van der Waals surface area contributed by atoms with Crippen molar-refractivity contribution in [1.82, 2.24) is 25.2 Å². The van der Waals surface area contributed by atoms with Crippen molar-refractivity contribution in [1.29, 1.82) is 0 Å². The van der Waals surface area contributed by atoms with Crippen LogP contribution in [0, 0.1) is 5.41 Å². The first-order valence-electron chi connectivity index (χ1n) is 7.96. The van der Waals surface area contributed by atoms with Crippen LogP contribution in [0.25, 0.3) is 0 Å². The Hall–Kier alpha value is -2.45. The molecule has 1 heterocycles. The molecule has 132 valence electrons. The van der Waals surface area contributed by atoms with Gasteiger partial charge in [-0.05, 0) is 12.8 Å². The minimum atomic E-state index is -0.898. The van der Waals surface area contributed by atoms with Gasteiger partial charge in [0.2, 0.25) is 5.91 Å². The third-order valence-electron chi connectivity index (χ3n) is 4.42. The summed E-state index contributed by atoms with van der Waals surface area (Å²) in [7, 11) is 3.25. The third kappa shape index (κ3) is 4.09. The maximum absolute atomic E-state index is 12.2. The van der Waals surface area contributed by atoms with Gasteiger partial charge in [-0.15, -0.1) is 5.10 Å². The van der Waals surface area contributed by atoms with Gasteiger partial charge in [0.05, 0.1) is 11.6 Å². The molecule has 0 bridgehead atoms. The van der Waals surface area contributed by atoms with Crippen LogP contribution in [0.15, 0.2) is 6.20 Å². The van der Waals surface area contributed by atoms with E-state index < -0.39 is 17.3 Å². The molecule has 0 aromatic carbocycles. The highest BCUT2D eigenvalue weighted by atomic mass is 16.4. The van der Waals surface area contributed by atoms with Gasteiger partial charge in [-0.2, -0.15) is 0 Å². The quantitative estimate of drug-likeness (QED) is 0.762. The van der Waals surface area contributed by atoms with E-state index in [4.69, 9.17) is 0 Å². The highest BCUT2D eigenvalue weighted by Crippen LogP contribution is 2.36. The summed E-state index contributed by atoms with van der Waals surface area (Å²) < 4.78 is 1.28. The normalized spacial score (nSPS) is 16.4.